The van der Waals surface area contributed by atoms with Crippen molar-refractivity contribution in [2.45, 2.75) is 81.1 Å². The van der Waals surface area contributed by atoms with Crippen LogP contribution in [-0.2, 0) is 0 Å². The zero-order valence-electron chi connectivity index (χ0n) is 11.8. The molecule has 14 heavy (non-hydrogen) atoms. The summed E-state index contributed by atoms with van der Waals surface area (Å²) in [5, 5.41) is 0. The largest absolute Gasteiger partial charge is 0.0683 e. The zero-order chi connectivity index (χ0) is 11.8. The average Bonchev–Trinajstić information content (AvgIpc) is 2.07. The molecule has 0 bridgehead atoms. The molecule has 1 aliphatic carbocycles. The maximum absolute atomic E-state index is 2.40. The fourth-order valence-corrected chi connectivity index (χ4v) is 2.52. The summed E-state index contributed by atoms with van der Waals surface area (Å²) < 4.78 is 0. The fraction of sp³-hybridized carbons (Fsp3) is 1.00. The van der Waals surface area contributed by atoms with Crippen molar-refractivity contribution in [2.75, 3.05) is 0 Å². The van der Waals surface area contributed by atoms with Crippen molar-refractivity contribution in [1.29, 1.82) is 0 Å². The summed E-state index contributed by atoms with van der Waals surface area (Å²) in [5.41, 5.74) is 1.23. The number of hydrogen-bond acceptors (Lipinski definition) is 0. The molecule has 88 valence electrons. The van der Waals surface area contributed by atoms with Gasteiger partial charge < -0.3 is 0 Å². The molecular weight excluding hydrogens is 168 g/mol. The summed E-state index contributed by atoms with van der Waals surface area (Å²) in [6.45, 7) is 17.6. The predicted octanol–water partition coefficient (Wildman–Crippen LogP) is 5.67. The topological polar surface area (TPSA) is 0 Å². The molecule has 1 fully saturated rings. The lowest BCUT2D eigenvalue weighted by molar-refractivity contribution is 0.116. The van der Waals surface area contributed by atoms with Crippen LogP contribution >= 0.6 is 0 Å². The molecule has 1 rings (SSSR count). The van der Waals surface area contributed by atoms with Crippen LogP contribution in [0.4, 0.5) is 0 Å². The third-order valence-electron chi connectivity index (χ3n) is 2.66. The van der Waals surface area contributed by atoms with Crippen LogP contribution in [0.2, 0.25) is 0 Å². The first-order chi connectivity index (χ1) is 6.41. The minimum absolute atomic E-state index is 0.613. The Morgan fingerprint density at radius 1 is 0.643 bits per heavy atom. The van der Waals surface area contributed by atoms with Gasteiger partial charge in [0.25, 0.3) is 0 Å². The van der Waals surface area contributed by atoms with E-state index < -0.39 is 0 Å². The lowest BCUT2D eigenvalue weighted by atomic mass is 9.65. The SMILES string of the molecule is CC.CC.CC1(C)CCCC(C)(C)C1. The van der Waals surface area contributed by atoms with Gasteiger partial charge >= 0.3 is 0 Å². The van der Waals surface area contributed by atoms with Gasteiger partial charge in [-0.05, 0) is 30.1 Å². The molecule has 0 amide bonds. The van der Waals surface area contributed by atoms with E-state index in [1.807, 2.05) is 27.7 Å². The van der Waals surface area contributed by atoms with Gasteiger partial charge in [0.1, 0.15) is 0 Å². The normalized spacial score (nSPS) is 22.3. The van der Waals surface area contributed by atoms with Crippen molar-refractivity contribution in [3.05, 3.63) is 0 Å². The third kappa shape index (κ3) is 7.41. The van der Waals surface area contributed by atoms with E-state index in [4.69, 9.17) is 0 Å². The predicted molar refractivity (Wildman–Crippen MR) is 68.7 cm³/mol. The summed E-state index contributed by atoms with van der Waals surface area (Å²) in [5.74, 6) is 0. The minimum Gasteiger partial charge on any atom is -0.0683 e. The molecule has 0 heterocycles. The second kappa shape index (κ2) is 7.31. The molecule has 0 saturated heterocycles. The summed E-state index contributed by atoms with van der Waals surface area (Å²) in [4.78, 5) is 0. The highest BCUT2D eigenvalue weighted by molar-refractivity contribution is 4.84. The Labute approximate surface area is 92.5 Å². The zero-order valence-corrected chi connectivity index (χ0v) is 11.8. The maximum atomic E-state index is 2.40. The average molecular weight is 200 g/mol. The Morgan fingerprint density at radius 2 is 0.929 bits per heavy atom. The molecule has 0 aromatic rings. The van der Waals surface area contributed by atoms with Crippen LogP contribution in [0, 0.1) is 10.8 Å². The van der Waals surface area contributed by atoms with Gasteiger partial charge in [-0.25, -0.2) is 0 Å². The van der Waals surface area contributed by atoms with E-state index in [9.17, 15) is 0 Å². The number of hydrogen-bond donors (Lipinski definition) is 0. The summed E-state index contributed by atoms with van der Waals surface area (Å²) >= 11 is 0. The molecule has 0 aromatic carbocycles. The first kappa shape index (κ1) is 16.4. The second-order valence-electron chi connectivity index (χ2n) is 5.36. The monoisotopic (exact) mass is 200 g/mol. The van der Waals surface area contributed by atoms with Crippen LogP contribution in [0.5, 0.6) is 0 Å². The molecule has 0 N–H and O–H groups in total. The van der Waals surface area contributed by atoms with Gasteiger partial charge in [-0.15, -0.1) is 0 Å². The molecule has 0 aromatic heterocycles. The van der Waals surface area contributed by atoms with E-state index in [2.05, 4.69) is 27.7 Å². The van der Waals surface area contributed by atoms with E-state index >= 15 is 0 Å². The van der Waals surface area contributed by atoms with Gasteiger partial charge in [-0.1, -0.05) is 61.8 Å². The molecule has 0 aliphatic heterocycles. The van der Waals surface area contributed by atoms with E-state index in [0.29, 0.717) is 10.8 Å². The Hall–Kier alpha value is 0. The Morgan fingerprint density at radius 3 is 1.07 bits per heavy atom. The van der Waals surface area contributed by atoms with Crippen LogP contribution in [0.3, 0.4) is 0 Å². The van der Waals surface area contributed by atoms with Gasteiger partial charge in [0, 0.05) is 0 Å². The molecule has 0 atom stereocenters. The molecule has 0 radical (unpaired) electrons. The van der Waals surface area contributed by atoms with E-state index in [-0.39, 0.29) is 0 Å². The van der Waals surface area contributed by atoms with Gasteiger partial charge in [-0.3, -0.25) is 0 Å². The molecular formula is C14H32. The Bertz CT molecular complexity index is 106. The highest BCUT2D eigenvalue weighted by Crippen LogP contribution is 2.45. The quantitative estimate of drug-likeness (QED) is 0.473. The van der Waals surface area contributed by atoms with E-state index in [1.54, 1.807) is 0 Å². The highest BCUT2D eigenvalue weighted by atomic mass is 14.4. The summed E-state index contributed by atoms with van der Waals surface area (Å²) in [7, 11) is 0. The molecule has 0 nitrogen and oxygen atoms in total. The molecule has 1 aliphatic rings. The molecule has 1 saturated carbocycles. The second-order valence-corrected chi connectivity index (χ2v) is 5.36. The minimum atomic E-state index is 0.613. The highest BCUT2D eigenvalue weighted by Gasteiger charge is 2.32. The van der Waals surface area contributed by atoms with Crippen molar-refractivity contribution < 1.29 is 0 Å². The van der Waals surface area contributed by atoms with Gasteiger partial charge in [0.2, 0.25) is 0 Å². The Kier molecular flexibility index (Phi) is 8.58. The van der Waals surface area contributed by atoms with Gasteiger partial charge in [0.05, 0.1) is 0 Å². The third-order valence-corrected chi connectivity index (χ3v) is 2.66. The van der Waals surface area contributed by atoms with Crippen LogP contribution in [0.1, 0.15) is 81.1 Å². The van der Waals surface area contributed by atoms with Crippen molar-refractivity contribution in [3.63, 3.8) is 0 Å². The van der Waals surface area contributed by atoms with E-state index in [0.717, 1.165) is 0 Å². The van der Waals surface area contributed by atoms with Crippen molar-refractivity contribution in [3.8, 4) is 0 Å². The van der Waals surface area contributed by atoms with Crippen LogP contribution in [-0.4, -0.2) is 0 Å². The molecule has 0 heteroatoms. The molecule has 0 unspecified atom stereocenters. The summed E-state index contributed by atoms with van der Waals surface area (Å²) in [6.07, 6.45) is 5.69. The van der Waals surface area contributed by atoms with Crippen LogP contribution in [0.25, 0.3) is 0 Å². The molecule has 0 spiro atoms. The number of rotatable bonds is 0. The van der Waals surface area contributed by atoms with Crippen molar-refractivity contribution >= 4 is 0 Å². The summed E-state index contributed by atoms with van der Waals surface area (Å²) in [6, 6.07) is 0. The van der Waals surface area contributed by atoms with Crippen molar-refractivity contribution in [1.82, 2.24) is 0 Å². The standard InChI is InChI=1S/C10H20.2C2H6/c1-9(2)6-5-7-10(3,4)8-9;2*1-2/h5-8H2,1-4H3;2*1-2H3. The Balaban J connectivity index is 0. The smallest absolute Gasteiger partial charge is 0.0349 e. The van der Waals surface area contributed by atoms with Gasteiger partial charge in [-0.2, -0.15) is 0 Å². The van der Waals surface area contributed by atoms with Crippen molar-refractivity contribution in [2.24, 2.45) is 10.8 Å². The fourth-order valence-electron chi connectivity index (χ4n) is 2.52. The maximum Gasteiger partial charge on any atom is -0.0349 e. The first-order valence-electron chi connectivity index (χ1n) is 6.41. The first-order valence-corrected chi connectivity index (χ1v) is 6.41. The van der Waals surface area contributed by atoms with Gasteiger partial charge in [0.15, 0.2) is 0 Å². The van der Waals surface area contributed by atoms with Crippen LogP contribution < -0.4 is 0 Å². The lowest BCUT2D eigenvalue weighted by Crippen LogP contribution is -2.28. The van der Waals surface area contributed by atoms with E-state index in [1.165, 1.54) is 25.7 Å². The lowest BCUT2D eigenvalue weighted by Gasteiger charge is -2.40. The van der Waals surface area contributed by atoms with Crippen LogP contribution in [0.15, 0.2) is 0 Å².